The van der Waals surface area contributed by atoms with Gasteiger partial charge in [-0.1, -0.05) is 12.8 Å². The maximum Gasteiger partial charge on any atom is 0.138 e. The van der Waals surface area contributed by atoms with E-state index in [1.807, 2.05) is 31.7 Å². The van der Waals surface area contributed by atoms with E-state index in [1.165, 1.54) is 25.7 Å². The Bertz CT molecular complexity index is 387. The fraction of sp³-hybridized carbons (Fsp3) is 0.714. The average molecular weight is 265 g/mol. The molecule has 0 radical (unpaired) electrons. The molecule has 0 bridgehead atoms. The molecule has 3 nitrogen and oxygen atoms in total. The highest BCUT2D eigenvalue weighted by molar-refractivity contribution is 7.99. The van der Waals surface area contributed by atoms with Crippen molar-refractivity contribution in [3.8, 4) is 0 Å². The zero-order chi connectivity index (χ0) is 13.0. The summed E-state index contributed by atoms with van der Waals surface area (Å²) >= 11 is 2.02. The molecular weight excluding hydrogens is 242 g/mol. The smallest absolute Gasteiger partial charge is 0.138 e. The van der Waals surface area contributed by atoms with E-state index in [9.17, 15) is 0 Å². The summed E-state index contributed by atoms with van der Waals surface area (Å²) in [5, 5.41) is 0.825. The van der Waals surface area contributed by atoms with Crippen LogP contribution in [0.3, 0.4) is 0 Å². The molecule has 2 rings (SSSR count). The fourth-order valence-corrected chi connectivity index (χ4v) is 3.63. The van der Waals surface area contributed by atoms with Crippen molar-refractivity contribution in [1.82, 2.24) is 9.97 Å². The van der Waals surface area contributed by atoms with Gasteiger partial charge in [-0.25, -0.2) is 9.97 Å². The van der Waals surface area contributed by atoms with Crippen molar-refractivity contribution >= 4 is 11.8 Å². The minimum Gasteiger partial charge on any atom is -0.328 e. The molecule has 0 aliphatic heterocycles. The van der Waals surface area contributed by atoms with Gasteiger partial charge in [0.25, 0.3) is 0 Å². The zero-order valence-corrected chi connectivity index (χ0v) is 12.2. The topological polar surface area (TPSA) is 51.8 Å². The van der Waals surface area contributed by atoms with E-state index >= 15 is 0 Å². The van der Waals surface area contributed by atoms with Crippen LogP contribution in [0, 0.1) is 6.92 Å². The van der Waals surface area contributed by atoms with Crippen LogP contribution in [0.1, 0.15) is 49.8 Å². The largest absolute Gasteiger partial charge is 0.328 e. The summed E-state index contributed by atoms with van der Waals surface area (Å²) in [6, 6.07) is 2.21. The number of aryl methyl sites for hydroxylation is 1. The molecule has 2 N–H and O–H groups in total. The molecule has 1 fully saturated rings. The van der Waals surface area contributed by atoms with Crippen LogP contribution in [-0.2, 0) is 12.2 Å². The summed E-state index contributed by atoms with van der Waals surface area (Å²) in [6.07, 6.45) is 6.35. The maximum atomic E-state index is 5.83. The molecule has 1 aliphatic rings. The molecule has 0 aromatic carbocycles. The predicted molar refractivity (Wildman–Crippen MR) is 77.7 cm³/mol. The van der Waals surface area contributed by atoms with E-state index in [2.05, 4.69) is 9.97 Å². The van der Waals surface area contributed by atoms with Crippen molar-refractivity contribution in [3.05, 3.63) is 23.3 Å². The number of hydrogen-bond acceptors (Lipinski definition) is 4. The van der Waals surface area contributed by atoms with Crippen LogP contribution in [0.25, 0.3) is 0 Å². The molecule has 1 aromatic heterocycles. The Labute approximate surface area is 114 Å². The van der Waals surface area contributed by atoms with Gasteiger partial charge < -0.3 is 5.73 Å². The highest BCUT2D eigenvalue weighted by atomic mass is 32.2. The first kappa shape index (κ1) is 13.8. The molecule has 1 saturated carbocycles. The second-order valence-corrected chi connectivity index (χ2v) is 6.60. The van der Waals surface area contributed by atoms with Gasteiger partial charge in [0, 0.05) is 29.1 Å². The van der Waals surface area contributed by atoms with Crippen molar-refractivity contribution in [2.24, 2.45) is 5.73 Å². The van der Waals surface area contributed by atoms with Crippen molar-refractivity contribution in [2.75, 3.05) is 0 Å². The van der Waals surface area contributed by atoms with Gasteiger partial charge in [-0.15, -0.1) is 0 Å². The lowest BCUT2D eigenvalue weighted by Gasteiger charge is -2.10. The summed E-state index contributed by atoms with van der Waals surface area (Å²) in [6.45, 7) is 4.06. The van der Waals surface area contributed by atoms with Crippen molar-refractivity contribution in [2.45, 2.75) is 63.0 Å². The number of thioether (sulfide) groups is 1. The number of hydrogen-bond donors (Lipinski definition) is 1. The summed E-state index contributed by atoms with van der Waals surface area (Å²) in [7, 11) is 0. The lowest BCUT2D eigenvalue weighted by molar-refractivity contribution is 0.713. The molecule has 0 saturated heterocycles. The van der Waals surface area contributed by atoms with Crippen LogP contribution in [0.15, 0.2) is 6.07 Å². The van der Waals surface area contributed by atoms with Gasteiger partial charge in [-0.05, 0) is 32.8 Å². The van der Waals surface area contributed by atoms with Crippen LogP contribution in [0.2, 0.25) is 0 Å². The molecular formula is C14H23N3S. The minimum absolute atomic E-state index is 0.162. The summed E-state index contributed by atoms with van der Waals surface area (Å²) in [4.78, 5) is 9.15. The van der Waals surface area contributed by atoms with Gasteiger partial charge >= 0.3 is 0 Å². The number of rotatable bonds is 5. The minimum atomic E-state index is 0.162. The number of nitrogens with two attached hydrogens (primary N) is 1. The molecule has 1 aliphatic carbocycles. The third kappa shape index (κ3) is 4.25. The van der Waals surface area contributed by atoms with Gasteiger partial charge in [0.05, 0.1) is 5.75 Å². The molecule has 1 heterocycles. The third-order valence-electron chi connectivity index (χ3n) is 3.24. The second kappa shape index (κ2) is 6.53. The molecule has 100 valence electrons. The number of nitrogens with zero attached hydrogens (tertiary/aromatic N) is 2. The molecule has 0 amide bonds. The van der Waals surface area contributed by atoms with E-state index in [1.54, 1.807) is 0 Å². The molecule has 4 heteroatoms. The van der Waals surface area contributed by atoms with Crippen LogP contribution in [0.4, 0.5) is 0 Å². The summed E-state index contributed by atoms with van der Waals surface area (Å²) < 4.78 is 0. The summed E-state index contributed by atoms with van der Waals surface area (Å²) in [5.74, 6) is 1.92. The van der Waals surface area contributed by atoms with Crippen molar-refractivity contribution in [3.63, 3.8) is 0 Å². The lowest BCUT2D eigenvalue weighted by atomic mass is 10.2. The van der Waals surface area contributed by atoms with E-state index < -0.39 is 0 Å². The second-order valence-electron chi connectivity index (χ2n) is 5.32. The van der Waals surface area contributed by atoms with Crippen LogP contribution >= 0.6 is 11.8 Å². The Morgan fingerprint density at radius 3 is 2.78 bits per heavy atom. The van der Waals surface area contributed by atoms with Gasteiger partial charge in [-0.2, -0.15) is 11.8 Å². The Kier molecular flexibility index (Phi) is 5.01. The maximum absolute atomic E-state index is 5.83. The average Bonchev–Trinajstić information content (AvgIpc) is 2.77. The van der Waals surface area contributed by atoms with E-state index in [4.69, 9.17) is 5.73 Å². The first-order chi connectivity index (χ1) is 8.63. The molecule has 0 spiro atoms. The standard InChI is InChI=1S/C14H23N3S/c1-10(15)7-12-8-11(2)16-14(17-12)9-18-13-5-3-4-6-13/h8,10,13H,3-7,9,15H2,1-2H3. The van der Waals surface area contributed by atoms with Crippen LogP contribution < -0.4 is 5.73 Å². The van der Waals surface area contributed by atoms with E-state index in [0.717, 1.165) is 34.6 Å². The molecule has 1 atom stereocenters. The summed E-state index contributed by atoms with van der Waals surface area (Å²) in [5.41, 5.74) is 7.97. The van der Waals surface area contributed by atoms with E-state index in [0.29, 0.717) is 0 Å². The molecule has 18 heavy (non-hydrogen) atoms. The van der Waals surface area contributed by atoms with Crippen LogP contribution in [0.5, 0.6) is 0 Å². The van der Waals surface area contributed by atoms with Crippen molar-refractivity contribution in [1.29, 1.82) is 0 Å². The SMILES string of the molecule is Cc1cc(CC(C)N)nc(CSC2CCCC2)n1. The zero-order valence-electron chi connectivity index (χ0n) is 11.4. The van der Waals surface area contributed by atoms with Crippen molar-refractivity contribution < 1.29 is 0 Å². The fourth-order valence-electron chi connectivity index (χ4n) is 2.45. The van der Waals surface area contributed by atoms with Gasteiger partial charge in [-0.3, -0.25) is 0 Å². The third-order valence-corrected chi connectivity index (χ3v) is 4.60. The Morgan fingerprint density at radius 1 is 1.39 bits per heavy atom. The quantitative estimate of drug-likeness (QED) is 0.889. The molecule has 1 unspecified atom stereocenters. The molecule has 1 aromatic rings. The monoisotopic (exact) mass is 265 g/mol. The Balaban J connectivity index is 1.96. The highest BCUT2D eigenvalue weighted by Crippen LogP contribution is 2.30. The van der Waals surface area contributed by atoms with Gasteiger partial charge in [0.2, 0.25) is 0 Å². The van der Waals surface area contributed by atoms with E-state index in [-0.39, 0.29) is 6.04 Å². The highest BCUT2D eigenvalue weighted by Gasteiger charge is 2.16. The Morgan fingerprint density at radius 2 is 2.11 bits per heavy atom. The van der Waals surface area contributed by atoms with Crippen LogP contribution in [-0.4, -0.2) is 21.3 Å². The predicted octanol–water partition coefficient (Wildman–Crippen LogP) is 2.85. The lowest BCUT2D eigenvalue weighted by Crippen LogP contribution is -2.19. The number of aromatic nitrogens is 2. The Hall–Kier alpha value is -0.610. The van der Waals surface area contributed by atoms with Gasteiger partial charge in [0.15, 0.2) is 0 Å². The van der Waals surface area contributed by atoms with Gasteiger partial charge in [0.1, 0.15) is 5.82 Å². The normalized spacial score (nSPS) is 18.2. The first-order valence-electron chi connectivity index (χ1n) is 6.84. The first-order valence-corrected chi connectivity index (χ1v) is 7.89.